The molecule has 2 aliphatic rings. The maximum atomic E-state index is 12.4. The Kier molecular flexibility index (Phi) is 7.88. The van der Waals surface area contributed by atoms with E-state index in [0.717, 1.165) is 27.7 Å². The van der Waals surface area contributed by atoms with Crippen molar-refractivity contribution in [3.05, 3.63) is 17.5 Å². The van der Waals surface area contributed by atoms with Crippen LogP contribution in [0.5, 0.6) is 0 Å². The molecule has 0 saturated heterocycles. The summed E-state index contributed by atoms with van der Waals surface area (Å²) in [6.45, 7) is 4.94. The molecule has 0 aromatic carbocycles. The van der Waals surface area contributed by atoms with Crippen LogP contribution in [0, 0.1) is 17.8 Å². The second-order valence-corrected chi connectivity index (χ2v) is 10.7. The zero-order valence-corrected chi connectivity index (χ0v) is 20.4. The van der Waals surface area contributed by atoms with Gasteiger partial charge in [0.15, 0.2) is 11.0 Å². The topological polar surface area (TPSA) is 86.1 Å². The molecule has 2 heterocycles. The minimum atomic E-state index is -0.222. The highest BCUT2D eigenvalue weighted by molar-refractivity contribution is 7.99. The highest BCUT2D eigenvalue weighted by atomic mass is 32.2. The van der Waals surface area contributed by atoms with Gasteiger partial charge in [0.1, 0.15) is 0 Å². The molecule has 0 radical (unpaired) electrons. The summed E-state index contributed by atoms with van der Waals surface area (Å²) in [7, 11) is 0. The highest BCUT2D eigenvalue weighted by Crippen LogP contribution is 2.53. The van der Waals surface area contributed by atoms with Gasteiger partial charge in [-0.2, -0.15) is 0 Å². The molecular formula is C23H32N4O3S2. The number of nitrogens with one attached hydrogen (secondary N) is 1. The second kappa shape index (κ2) is 10.8. The monoisotopic (exact) mass is 476 g/mol. The highest BCUT2D eigenvalue weighted by Gasteiger charge is 2.43. The average molecular weight is 477 g/mol. The number of nitrogens with zero attached hydrogens (tertiary/aromatic N) is 3. The van der Waals surface area contributed by atoms with Crippen LogP contribution in [0.25, 0.3) is 10.7 Å². The third kappa shape index (κ3) is 5.36. The molecule has 4 unspecified atom stereocenters. The van der Waals surface area contributed by atoms with Gasteiger partial charge in [-0.1, -0.05) is 24.2 Å². The van der Waals surface area contributed by atoms with Gasteiger partial charge < -0.3 is 10.1 Å². The van der Waals surface area contributed by atoms with Crippen molar-refractivity contribution < 1.29 is 14.3 Å². The van der Waals surface area contributed by atoms with E-state index in [1.54, 1.807) is 18.3 Å². The van der Waals surface area contributed by atoms with E-state index in [1.807, 2.05) is 6.07 Å². The van der Waals surface area contributed by atoms with Gasteiger partial charge in [-0.25, -0.2) is 0 Å². The van der Waals surface area contributed by atoms with Crippen molar-refractivity contribution in [1.29, 1.82) is 0 Å². The van der Waals surface area contributed by atoms with Crippen molar-refractivity contribution in [1.82, 2.24) is 20.1 Å². The maximum Gasteiger partial charge on any atom is 0.305 e. The van der Waals surface area contributed by atoms with Gasteiger partial charge in [0.2, 0.25) is 5.91 Å². The summed E-state index contributed by atoms with van der Waals surface area (Å²) in [5, 5.41) is 14.8. The van der Waals surface area contributed by atoms with Crippen molar-refractivity contribution >= 4 is 35.0 Å². The molecule has 2 aliphatic carbocycles. The van der Waals surface area contributed by atoms with Crippen molar-refractivity contribution in [2.24, 2.45) is 17.8 Å². The summed E-state index contributed by atoms with van der Waals surface area (Å²) in [6, 6.07) is 4.44. The van der Waals surface area contributed by atoms with E-state index < -0.39 is 0 Å². The third-order valence-corrected chi connectivity index (χ3v) is 8.55. The van der Waals surface area contributed by atoms with Gasteiger partial charge in [-0.15, -0.1) is 21.5 Å². The lowest BCUT2D eigenvalue weighted by molar-refractivity contribution is -0.143. The normalized spacial score (nSPS) is 22.8. The number of carbonyl (C=O) groups is 2. The Hall–Kier alpha value is -1.87. The summed E-state index contributed by atoms with van der Waals surface area (Å²) in [5.74, 6) is 3.25. The minimum absolute atomic E-state index is 0.0568. The number of thioether (sulfide) groups is 1. The molecule has 2 aromatic heterocycles. The maximum absolute atomic E-state index is 12.4. The van der Waals surface area contributed by atoms with E-state index in [0.29, 0.717) is 38.0 Å². The van der Waals surface area contributed by atoms with E-state index in [9.17, 15) is 9.59 Å². The van der Waals surface area contributed by atoms with Gasteiger partial charge >= 0.3 is 5.97 Å². The fourth-order valence-corrected chi connectivity index (χ4v) is 6.83. The van der Waals surface area contributed by atoms with Crippen LogP contribution in [0.4, 0.5) is 0 Å². The molecule has 32 heavy (non-hydrogen) atoms. The first kappa shape index (κ1) is 23.3. The minimum Gasteiger partial charge on any atom is -0.466 e. The first-order chi connectivity index (χ1) is 15.6. The summed E-state index contributed by atoms with van der Waals surface area (Å²) in [4.78, 5) is 24.9. The lowest BCUT2D eigenvalue weighted by Crippen LogP contribution is -2.27. The molecule has 0 aliphatic heterocycles. The number of ether oxygens (including phenoxy) is 1. The molecule has 0 spiro atoms. The van der Waals surface area contributed by atoms with Crippen LogP contribution in [0.3, 0.4) is 0 Å². The Morgan fingerprint density at radius 2 is 2.22 bits per heavy atom. The standard InChI is InChI=1S/C23H32N4O3S2/c1-3-30-21(29)7-4-10-24-20(28)14-32-23-26-25-22(19-6-5-11-31-19)27(23)15(2)18-13-16-8-9-17(18)12-16/h5-6,11,15-18H,3-4,7-10,12-14H2,1-2H3,(H,24,28). The zero-order chi connectivity index (χ0) is 22.5. The first-order valence-electron chi connectivity index (χ1n) is 11.6. The Labute approximate surface area is 197 Å². The Bertz CT molecular complexity index is 914. The van der Waals surface area contributed by atoms with Crippen LogP contribution < -0.4 is 5.32 Å². The number of hydrogen-bond donors (Lipinski definition) is 1. The van der Waals surface area contributed by atoms with Crippen molar-refractivity contribution in [2.45, 2.75) is 63.6 Å². The fraction of sp³-hybridized carbons (Fsp3) is 0.652. The van der Waals surface area contributed by atoms with E-state index in [4.69, 9.17) is 4.74 Å². The lowest BCUT2D eigenvalue weighted by atomic mass is 9.84. The number of hydrogen-bond acceptors (Lipinski definition) is 7. The Morgan fingerprint density at radius 3 is 2.91 bits per heavy atom. The summed E-state index contributed by atoms with van der Waals surface area (Å²) < 4.78 is 7.18. The predicted octanol–water partition coefficient (Wildman–Crippen LogP) is 4.56. The number of carbonyl (C=O) groups excluding carboxylic acids is 2. The molecule has 174 valence electrons. The van der Waals surface area contributed by atoms with E-state index in [2.05, 4.69) is 38.5 Å². The second-order valence-electron chi connectivity index (χ2n) is 8.78. The number of esters is 1. The number of aromatic nitrogens is 3. The molecular weight excluding hydrogens is 444 g/mol. The fourth-order valence-electron chi connectivity index (χ4n) is 5.27. The van der Waals surface area contributed by atoms with Gasteiger partial charge in [-0.05, 0) is 68.7 Å². The van der Waals surface area contributed by atoms with Crippen LogP contribution in [0.2, 0.25) is 0 Å². The molecule has 4 rings (SSSR count). The summed E-state index contributed by atoms with van der Waals surface area (Å²) >= 11 is 3.12. The zero-order valence-electron chi connectivity index (χ0n) is 18.8. The van der Waals surface area contributed by atoms with Crippen molar-refractivity contribution in [3.63, 3.8) is 0 Å². The number of amides is 1. The molecule has 2 saturated carbocycles. The van der Waals surface area contributed by atoms with Crippen LogP contribution in [-0.2, 0) is 14.3 Å². The van der Waals surface area contributed by atoms with Gasteiger partial charge in [-0.3, -0.25) is 14.2 Å². The molecule has 2 aromatic rings. The Balaban J connectivity index is 1.38. The van der Waals surface area contributed by atoms with Crippen molar-refractivity contribution in [3.8, 4) is 10.7 Å². The quantitative estimate of drug-likeness (QED) is 0.291. The molecule has 2 fully saturated rings. The van der Waals surface area contributed by atoms with Gasteiger partial charge in [0.25, 0.3) is 0 Å². The largest absolute Gasteiger partial charge is 0.466 e. The molecule has 1 N–H and O–H groups in total. The lowest BCUT2D eigenvalue weighted by Gasteiger charge is -2.30. The number of rotatable bonds is 11. The van der Waals surface area contributed by atoms with Crippen LogP contribution >= 0.6 is 23.1 Å². The third-order valence-electron chi connectivity index (χ3n) is 6.74. The molecule has 1 amide bonds. The Morgan fingerprint density at radius 1 is 1.34 bits per heavy atom. The summed E-state index contributed by atoms with van der Waals surface area (Å²) in [5.41, 5.74) is 0. The molecule has 7 nitrogen and oxygen atoms in total. The van der Waals surface area contributed by atoms with E-state index in [-0.39, 0.29) is 17.6 Å². The van der Waals surface area contributed by atoms with E-state index >= 15 is 0 Å². The molecule has 9 heteroatoms. The van der Waals surface area contributed by atoms with Crippen LogP contribution in [0.15, 0.2) is 22.7 Å². The SMILES string of the molecule is CCOC(=O)CCCNC(=O)CSc1nnc(-c2cccs2)n1C(C)C1CC2CCC1C2. The molecule has 2 bridgehead atoms. The van der Waals surface area contributed by atoms with Crippen LogP contribution in [-0.4, -0.2) is 45.5 Å². The van der Waals surface area contributed by atoms with Crippen molar-refractivity contribution in [2.75, 3.05) is 18.9 Å². The van der Waals surface area contributed by atoms with Crippen LogP contribution in [0.1, 0.15) is 58.4 Å². The smallest absolute Gasteiger partial charge is 0.305 e. The molecule has 4 atom stereocenters. The first-order valence-corrected chi connectivity index (χ1v) is 13.5. The summed E-state index contributed by atoms with van der Waals surface area (Å²) in [6.07, 6.45) is 6.27. The predicted molar refractivity (Wildman–Crippen MR) is 127 cm³/mol. The van der Waals surface area contributed by atoms with E-state index in [1.165, 1.54) is 37.4 Å². The van der Waals surface area contributed by atoms with Gasteiger partial charge in [0, 0.05) is 19.0 Å². The van der Waals surface area contributed by atoms with Gasteiger partial charge in [0.05, 0.1) is 17.2 Å². The number of thiophene rings is 1. The number of fused-ring (bicyclic) bond motifs is 2. The average Bonchev–Trinajstić information content (AvgIpc) is 3.58.